The van der Waals surface area contributed by atoms with Gasteiger partial charge in [0.05, 0.1) is 0 Å². The molecule has 0 saturated carbocycles. The molecule has 2 amide bonds. The van der Waals surface area contributed by atoms with Crippen molar-refractivity contribution in [1.29, 1.82) is 0 Å². The number of ether oxygens (including phenoxy) is 1. The third kappa shape index (κ3) is 4.22. The molecule has 0 radical (unpaired) electrons. The first kappa shape index (κ1) is 16.3. The minimum atomic E-state index is -0.247. The molecule has 0 aromatic carbocycles. The lowest BCUT2D eigenvalue weighted by atomic mass is 10.1. The van der Waals surface area contributed by atoms with Gasteiger partial charge in [0, 0.05) is 32.2 Å². The van der Waals surface area contributed by atoms with Gasteiger partial charge in [0.2, 0.25) is 5.88 Å². The van der Waals surface area contributed by atoms with Gasteiger partial charge in [-0.1, -0.05) is 0 Å². The van der Waals surface area contributed by atoms with E-state index in [1.807, 2.05) is 18.7 Å². The van der Waals surface area contributed by atoms with Crippen molar-refractivity contribution in [1.82, 2.24) is 20.0 Å². The molecule has 7 heteroatoms. The lowest BCUT2D eigenvalue weighted by Crippen LogP contribution is -2.38. The van der Waals surface area contributed by atoms with Crippen LogP contribution in [-0.4, -0.2) is 52.2 Å². The molecule has 1 N–H and O–H groups in total. The van der Waals surface area contributed by atoms with Crippen LogP contribution in [0.25, 0.3) is 0 Å². The highest BCUT2D eigenvalue weighted by Crippen LogP contribution is 2.13. The van der Waals surface area contributed by atoms with E-state index < -0.39 is 0 Å². The Morgan fingerprint density at radius 1 is 1.32 bits per heavy atom. The van der Waals surface area contributed by atoms with Crippen LogP contribution in [0.15, 0.2) is 6.07 Å². The molecule has 0 bridgehead atoms. The maximum Gasteiger partial charge on any atom is 0.272 e. The second-order valence-corrected chi connectivity index (χ2v) is 5.85. The highest BCUT2D eigenvalue weighted by atomic mass is 16.5. The van der Waals surface area contributed by atoms with Gasteiger partial charge in [-0.3, -0.25) is 9.59 Å². The van der Waals surface area contributed by atoms with Crippen molar-refractivity contribution in [2.24, 2.45) is 7.05 Å². The Balaban J connectivity index is 1.91. The van der Waals surface area contributed by atoms with E-state index in [0.717, 1.165) is 25.9 Å². The molecule has 122 valence electrons. The van der Waals surface area contributed by atoms with Crippen molar-refractivity contribution in [3.8, 4) is 5.88 Å². The van der Waals surface area contributed by atoms with Crippen LogP contribution in [0, 0.1) is 0 Å². The molecule has 2 heterocycles. The fourth-order valence-corrected chi connectivity index (χ4v) is 2.40. The summed E-state index contributed by atoms with van der Waals surface area (Å²) < 4.78 is 6.99. The number of hydrogen-bond acceptors (Lipinski definition) is 4. The number of nitrogens with one attached hydrogen (secondary N) is 1. The highest BCUT2D eigenvalue weighted by Gasteiger charge is 2.19. The Labute approximate surface area is 130 Å². The van der Waals surface area contributed by atoms with Crippen LogP contribution in [0.4, 0.5) is 0 Å². The zero-order chi connectivity index (χ0) is 16.1. The largest absolute Gasteiger partial charge is 0.468 e. The smallest absolute Gasteiger partial charge is 0.272 e. The van der Waals surface area contributed by atoms with Gasteiger partial charge in [-0.25, -0.2) is 4.68 Å². The lowest BCUT2D eigenvalue weighted by molar-refractivity contribution is -0.134. The van der Waals surface area contributed by atoms with E-state index >= 15 is 0 Å². The lowest BCUT2D eigenvalue weighted by Gasteiger charge is -2.26. The summed E-state index contributed by atoms with van der Waals surface area (Å²) in [6.07, 6.45) is 3.29. The summed E-state index contributed by atoms with van der Waals surface area (Å²) in [6, 6.07) is 1.60. The van der Waals surface area contributed by atoms with Gasteiger partial charge in [0.25, 0.3) is 11.8 Å². The number of carbonyl (C=O) groups is 2. The zero-order valence-electron chi connectivity index (χ0n) is 13.5. The van der Waals surface area contributed by atoms with Gasteiger partial charge in [0.1, 0.15) is 0 Å². The number of nitrogens with zero attached hydrogens (tertiary/aromatic N) is 3. The van der Waals surface area contributed by atoms with Crippen LogP contribution < -0.4 is 10.1 Å². The number of piperidine rings is 1. The van der Waals surface area contributed by atoms with Crippen LogP contribution in [0.1, 0.15) is 43.6 Å². The number of aromatic nitrogens is 2. The van der Waals surface area contributed by atoms with Crippen LogP contribution in [0.5, 0.6) is 5.88 Å². The second-order valence-electron chi connectivity index (χ2n) is 5.85. The third-order valence-electron chi connectivity index (χ3n) is 3.54. The molecule has 1 aromatic rings. The van der Waals surface area contributed by atoms with E-state index in [1.165, 1.54) is 11.1 Å². The summed E-state index contributed by atoms with van der Waals surface area (Å²) in [5.41, 5.74) is 0.289. The maximum absolute atomic E-state index is 12.1. The Morgan fingerprint density at radius 3 is 2.64 bits per heavy atom. The van der Waals surface area contributed by atoms with Crippen molar-refractivity contribution in [2.75, 3.05) is 19.7 Å². The third-order valence-corrected chi connectivity index (χ3v) is 3.54. The van der Waals surface area contributed by atoms with Crippen molar-refractivity contribution < 1.29 is 14.3 Å². The number of amides is 2. The maximum atomic E-state index is 12.1. The van der Waals surface area contributed by atoms with Crippen LogP contribution in [0.3, 0.4) is 0 Å². The summed E-state index contributed by atoms with van der Waals surface area (Å²) in [4.78, 5) is 25.8. The van der Waals surface area contributed by atoms with Crippen molar-refractivity contribution in [2.45, 2.75) is 39.2 Å². The van der Waals surface area contributed by atoms with Crippen molar-refractivity contribution >= 4 is 11.8 Å². The first-order valence-electron chi connectivity index (χ1n) is 7.73. The normalized spacial score (nSPS) is 15.0. The van der Waals surface area contributed by atoms with Gasteiger partial charge in [-0.2, -0.15) is 5.10 Å². The minimum absolute atomic E-state index is 0.0194. The van der Waals surface area contributed by atoms with Crippen LogP contribution in [-0.2, 0) is 11.8 Å². The van der Waals surface area contributed by atoms with Gasteiger partial charge in [-0.15, -0.1) is 0 Å². The van der Waals surface area contributed by atoms with E-state index in [1.54, 1.807) is 13.1 Å². The Morgan fingerprint density at radius 2 is 2.00 bits per heavy atom. The molecule has 1 aromatic heterocycles. The van der Waals surface area contributed by atoms with Crippen molar-refractivity contribution in [3.05, 3.63) is 11.8 Å². The van der Waals surface area contributed by atoms with Crippen molar-refractivity contribution in [3.63, 3.8) is 0 Å². The Bertz CT molecular complexity index is 533. The predicted molar refractivity (Wildman–Crippen MR) is 81.7 cm³/mol. The molecule has 1 aliphatic heterocycles. The van der Waals surface area contributed by atoms with E-state index in [4.69, 9.17) is 4.74 Å². The van der Waals surface area contributed by atoms with E-state index in [-0.39, 0.29) is 30.2 Å². The molecule has 0 atom stereocenters. The average Bonchev–Trinajstić information content (AvgIpc) is 2.86. The number of hydrogen-bond donors (Lipinski definition) is 1. The molecule has 0 spiro atoms. The Hall–Kier alpha value is -2.05. The number of likely N-dealkylation sites (tertiary alicyclic amines) is 1. The highest BCUT2D eigenvalue weighted by molar-refractivity contribution is 5.92. The molecule has 2 rings (SSSR count). The molecule has 7 nitrogen and oxygen atoms in total. The summed E-state index contributed by atoms with van der Waals surface area (Å²) in [7, 11) is 1.69. The van der Waals surface area contributed by atoms with E-state index in [2.05, 4.69) is 10.4 Å². The fraction of sp³-hybridized carbons (Fsp3) is 0.667. The first-order valence-corrected chi connectivity index (χ1v) is 7.73. The van der Waals surface area contributed by atoms with Gasteiger partial charge >= 0.3 is 0 Å². The second kappa shape index (κ2) is 7.29. The van der Waals surface area contributed by atoms with Gasteiger partial charge in [0.15, 0.2) is 12.3 Å². The molecule has 0 unspecified atom stereocenters. The molecule has 1 aliphatic rings. The first-order chi connectivity index (χ1) is 10.5. The quantitative estimate of drug-likeness (QED) is 0.878. The number of carbonyl (C=O) groups excluding carboxylic acids is 2. The SMILES string of the molecule is CC(C)NC(=O)c1cc(OCC(=O)N2CCCCC2)n(C)n1. The van der Waals surface area contributed by atoms with E-state index in [0.29, 0.717) is 5.88 Å². The molecular weight excluding hydrogens is 284 g/mol. The topological polar surface area (TPSA) is 76.5 Å². The fourth-order valence-electron chi connectivity index (χ4n) is 2.40. The summed E-state index contributed by atoms with van der Waals surface area (Å²) in [5, 5.41) is 6.88. The number of aryl methyl sites for hydroxylation is 1. The minimum Gasteiger partial charge on any atom is -0.468 e. The van der Waals surface area contributed by atoms with Crippen LogP contribution >= 0.6 is 0 Å². The standard InChI is InChI=1S/C15H24N4O3/c1-11(2)16-15(21)12-9-14(18(3)17-12)22-10-13(20)19-7-5-4-6-8-19/h9,11H,4-8,10H2,1-3H3,(H,16,21). The predicted octanol–water partition coefficient (Wildman–Crippen LogP) is 0.950. The Kier molecular flexibility index (Phi) is 5.41. The van der Waals surface area contributed by atoms with E-state index in [9.17, 15) is 9.59 Å². The zero-order valence-corrected chi connectivity index (χ0v) is 13.5. The molecule has 0 aliphatic carbocycles. The molecule has 1 fully saturated rings. The average molecular weight is 308 g/mol. The molecule has 1 saturated heterocycles. The van der Waals surface area contributed by atoms with Gasteiger partial charge < -0.3 is 15.0 Å². The molecule has 22 heavy (non-hydrogen) atoms. The van der Waals surface area contributed by atoms with Crippen LogP contribution in [0.2, 0.25) is 0 Å². The number of rotatable bonds is 5. The molecular formula is C15H24N4O3. The summed E-state index contributed by atoms with van der Waals surface area (Å²) in [5.74, 6) is 0.149. The monoisotopic (exact) mass is 308 g/mol. The summed E-state index contributed by atoms with van der Waals surface area (Å²) >= 11 is 0. The summed E-state index contributed by atoms with van der Waals surface area (Å²) in [6.45, 7) is 5.35. The van der Waals surface area contributed by atoms with Gasteiger partial charge in [-0.05, 0) is 33.1 Å².